The Labute approximate surface area is 94.3 Å². The quantitative estimate of drug-likeness (QED) is 0.548. The molecule has 0 atom stereocenters. The molecule has 5 nitrogen and oxygen atoms in total. The van der Waals surface area contributed by atoms with Crippen molar-refractivity contribution in [3.63, 3.8) is 0 Å². The zero-order valence-electron chi connectivity index (χ0n) is 8.56. The van der Waals surface area contributed by atoms with Gasteiger partial charge >= 0.3 is 0 Å². The average molecular weight is 226 g/mol. The second-order valence-electron chi connectivity index (χ2n) is 2.72. The van der Waals surface area contributed by atoms with Crippen LogP contribution >= 0.6 is 12.2 Å². The van der Waals surface area contributed by atoms with Crippen LogP contribution < -0.4 is 10.6 Å². The van der Waals surface area contributed by atoms with E-state index < -0.39 is 0 Å². The molecule has 82 valence electrons. The van der Waals surface area contributed by atoms with Crippen molar-refractivity contribution in [3.05, 3.63) is 24.3 Å². The molecule has 0 radical (unpaired) electrons. The van der Waals surface area contributed by atoms with Crippen molar-refractivity contribution >= 4 is 17.3 Å². The third-order valence-electron chi connectivity index (χ3n) is 1.61. The molecule has 0 fully saturated rings. The molecular weight excluding hydrogens is 212 g/mol. The molecule has 0 saturated heterocycles. The highest BCUT2D eigenvalue weighted by atomic mass is 32.1. The van der Waals surface area contributed by atoms with Gasteiger partial charge < -0.3 is 15.4 Å². The lowest BCUT2D eigenvalue weighted by Gasteiger charge is -2.06. The molecule has 0 aliphatic heterocycles. The molecule has 1 aromatic heterocycles. The number of ether oxygens (including phenoxy) is 1. The molecule has 2 N–H and O–H groups in total. The molecule has 1 heterocycles. The van der Waals surface area contributed by atoms with Gasteiger partial charge in [-0.3, -0.25) is 0 Å². The topological polar surface area (TPSA) is 59.1 Å². The van der Waals surface area contributed by atoms with Gasteiger partial charge in [-0.15, -0.1) is 0 Å². The van der Waals surface area contributed by atoms with Crippen LogP contribution in [0.1, 0.15) is 5.82 Å². The third kappa shape index (κ3) is 5.24. The lowest BCUT2D eigenvalue weighted by molar-refractivity contribution is 0.120. The molecule has 0 aliphatic rings. The van der Waals surface area contributed by atoms with E-state index in [2.05, 4.69) is 20.6 Å². The summed E-state index contributed by atoms with van der Waals surface area (Å²) in [4.78, 5) is 8.07. The maximum absolute atomic E-state index is 5.34. The van der Waals surface area contributed by atoms with E-state index in [0.29, 0.717) is 30.7 Å². The summed E-state index contributed by atoms with van der Waals surface area (Å²) in [5.41, 5.74) is 0. The number of hydrogen-bond donors (Lipinski definition) is 2. The zero-order chi connectivity index (χ0) is 10.9. The Morgan fingerprint density at radius 1 is 1.47 bits per heavy atom. The van der Waals surface area contributed by atoms with Gasteiger partial charge in [0.25, 0.3) is 0 Å². The van der Waals surface area contributed by atoms with Crippen LogP contribution in [-0.4, -0.2) is 35.3 Å². The fourth-order valence-electron chi connectivity index (χ4n) is 0.893. The van der Waals surface area contributed by atoms with Gasteiger partial charge in [0, 0.05) is 26.0 Å². The van der Waals surface area contributed by atoms with Crippen LogP contribution in [0.3, 0.4) is 0 Å². The van der Waals surface area contributed by atoms with Crippen LogP contribution in [0.2, 0.25) is 0 Å². The molecule has 0 saturated carbocycles. The van der Waals surface area contributed by atoms with Crippen LogP contribution in [0.5, 0.6) is 0 Å². The Bertz CT molecular complexity index is 293. The maximum atomic E-state index is 5.34. The van der Waals surface area contributed by atoms with E-state index in [1.807, 2.05) is 0 Å². The van der Waals surface area contributed by atoms with Gasteiger partial charge in [0.05, 0.1) is 6.61 Å². The first kappa shape index (κ1) is 11.8. The highest BCUT2D eigenvalue weighted by Gasteiger charge is 1.94. The number of nitrogens with one attached hydrogen (secondary N) is 2. The van der Waals surface area contributed by atoms with Gasteiger partial charge in [-0.05, 0) is 18.3 Å². The highest BCUT2D eigenvalue weighted by Crippen LogP contribution is 1.89. The van der Waals surface area contributed by atoms with Crippen LogP contribution in [0, 0.1) is 0 Å². The Balaban J connectivity index is 2.05. The van der Waals surface area contributed by atoms with Gasteiger partial charge in [0.2, 0.25) is 0 Å². The molecule has 0 aromatic carbocycles. The van der Waals surface area contributed by atoms with Gasteiger partial charge in [-0.1, -0.05) is 0 Å². The van der Waals surface area contributed by atoms with E-state index in [1.54, 1.807) is 25.5 Å². The number of nitrogens with zero attached hydrogens (tertiary/aromatic N) is 2. The molecule has 0 unspecified atom stereocenters. The molecule has 1 aromatic rings. The number of rotatable bonds is 5. The van der Waals surface area contributed by atoms with E-state index in [9.17, 15) is 0 Å². The SMILES string of the molecule is CNC(=S)NCCOCc1ncccn1. The molecular formula is C9H14N4OS. The summed E-state index contributed by atoms with van der Waals surface area (Å²) >= 11 is 4.90. The van der Waals surface area contributed by atoms with E-state index in [-0.39, 0.29) is 0 Å². The second-order valence-corrected chi connectivity index (χ2v) is 3.13. The van der Waals surface area contributed by atoms with Crippen LogP contribution in [0.25, 0.3) is 0 Å². The van der Waals surface area contributed by atoms with Crippen molar-refractivity contribution in [2.24, 2.45) is 0 Å². The van der Waals surface area contributed by atoms with Crippen LogP contribution in [-0.2, 0) is 11.3 Å². The van der Waals surface area contributed by atoms with E-state index >= 15 is 0 Å². The maximum Gasteiger partial charge on any atom is 0.166 e. The van der Waals surface area contributed by atoms with Gasteiger partial charge in [0.1, 0.15) is 6.61 Å². The van der Waals surface area contributed by atoms with Crippen molar-refractivity contribution in [1.29, 1.82) is 0 Å². The molecule has 0 spiro atoms. The van der Waals surface area contributed by atoms with Gasteiger partial charge in [-0.25, -0.2) is 9.97 Å². The smallest absolute Gasteiger partial charge is 0.166 e. The van der Waals surface area contributed by atoms with E-state index in [1.165, 1.54) is 0 Å². The van der Waals surface area contributed by atoms with Crippen molar-refractivity contribution in [1.82, 2.24) is 20.6 Å². The summed E-state index contributed by atoms with van der Waals surface area (Å²) in [6.07, 6.45) is 3.39. The van der Waals surface area contributed by atoms with Crippen molar-refractivity contribution < 1.29 is 4.74 Å². The first-order valence-corrected chi connectivity index (χ1v) is 5.03. The van der Waals surface area contributed by atoms with Gasteiger partial charge in [-0.2, -0.15) is 0 Å². The molecule has 15 heavy (non-hydrogen) atoms. The largest absolute Gasteiger partial charge is 0.372 e. The average Bonchev–Trinajstić information content (AvgIpc) is 2.29. The molecule has 0 aliphatic carbocycles. The summed E-state index contributed by atoms with van der Waals surface area (Å²) < 4.78 is 5.34. The summed E-state index contributed by atoms with van der Waals surface area (Å²) in [6, 6.07) is 1.77. The predicted octanol–water partition coefficient (Wildman–Crippen LogP) is 0.0871. The minimum atomic E-state index is 0.425. The van der Waals surface area contributed by atoms with E-state index in [0.717, 1.165) is 0 Å². The molecule has 0 bridgehead atoms. The van der Waals surface area contributed by atoms with Crippen molar-refractivity contribution in [2.75, 3.05) is 20.2 Å². The second kappa shape index (κ2) is 7.08. The zero-order valence-corrected chi connectivity index (χ0v) is 9.38. The minimum absolute atomic E-state index is 0.425. The van der Waals surface area contributed by atoms with E-state index in [4.69, 9.17) is 17.0 Å². The van der Waals surface area contributed by atoms with Crippen LogP contribution in [0.15, 0.2) is 18.5 Å². The summed E-state index contributed by atoms with van der Waals surface area (Å²) in [5.74, 6) is 0.689. The number of thiocarbonyl (C=S) groups is 1. The minimum Gasteiger partial charge on any atom is -0.372 e. The lowest BCUT2D eigenvalue weighted by Crippen LogP contribution is -2.34. The first-order valence-electron chi connectivity index (χ1n) is 4.62. The van der Waals surface area contributed by atoms with Gasteiger partial charge in [0.15, 0.2) is 10.9 Å². The Morgan fingerprint density at radius 2 is 2.20 bits per heavy atom. The third-order valence-corrected chi connectivity index (χ3v) is 1.96. The molecule has 6 heteroatoms. The Kier molecular flexibility index (Phi) is 5.57. The van der Waals surface area contributed by atoms with Crippen molar-refractivity contribution in [3.8, 4) is 0 Å². The highest BCUT2D eigenvalue weighted by molar-refractivity contribution is 7.80. The summed E-state index contributed by atoms with van der Waals surface area (Å²) in [7, 11) is 1.77. The standard InChI is InChI=1S/C9H14N4OS/c1-10-9(15)13-5-6-14-7-8-11-3-2-4-12-8/h2-4H,5-7H2,1H3,(H2,10,13,15). The number of hydrogen-bond acceptors (Lipinski definition) is 4. The summed E-state index contributed by atoms with van der Waals surface area (Å²) in [5, 5.41) is 6.41. The Hall–Kier alpha value is -1.27. The normalized spacial score (nSPS) is 9.67. The predicted molar refractivity (Wildman–Crippen MR) is 61.3 cm³/mol. The number of aromatic nitrogens is 2. The lowest BCUT2D eigenvalue weighted by atomic mass is 10.6. The molecule has 0 amide bonds. The Morgan fingerprint density at radius 3 is 2.87 bits per heavy atom. The first-order chi connectivity index (χ1) is 7.33. The molecule has 1 rings (SSSR count). The fourth-order valence-corrected chi connectivity index (χ4v) is 0.995. The summed E-state index contributed by atoms with van der Waals surface area (Å²) in [6.45, 7) is 1.67. The van der Waals surface area contributed by atoms with Crippen molar-refractivity contribution in [2.45, 2.75) is 6.61 Å². The monoisotopic (exact) mass is 226 g/mol. The fraction of sp³-hybridized carbons (Fsp3) is 0.444. The van der Waals surface area contributed by atoms with Crippen LogP contribution in [0.4, 0.5) is 0 Å².